The summed E-state index contributed by atoms with van der Waals surface area (Å²) in [6.45, 7) is 1.76. The number of barbiturate groups is 1. The molecule has 1 fully saturated rings. The van der Waals surface area contributed by atoms with Crippen LogP contribution in [0.5, 0.6) is 5.75 Å². The summed E-state index contributed by atoms with van der Waals surface area (Å²) in [6.07, 6.45) is -3.93. The lowest BCUT2D eigenvalue weighted by atomic mass is 10.1. The molecule has 1 aliphatic heterocycles. The van der Waals surface area contributed by atoms with Gasteiger partial charge in [-0.1, -0.05) is 40.9 Å². The molecule has 0 radical (unpaired) electrons. The van der Waals surface area contributed by atoms with E-state index in [1.54, 1.807) is 19.1 Å². The van der Waals surface area contributed by atoms with Crippen LogP contribution in [0.1, 0.15) is 16.7 Å². The SMILES string of the molecule is Cc1ccc(S(=O)(=O)Oc2ccc(Cl)cc2/C=C2/C(=O)NC(=O)N(c3cc(C(F)(F)F)ccc3Cl)C2=O)cc1. The second-order valence-electron chi connectivity index (χ2n) is 8.15. The van der Waals surface area contributed by atoms with E-state index in [1.165, 1.54) is 30.3 Å². The first-order valence-electron chi connectivity index (χ1n) is 10.8. The van der Waals surface area contributed by atoms with E-state index in [0.29, 0.717) is 12.1 Å². The quantitative estimate of drug-likeness (QED) is 0.227. The van der Waals surface area contributed by atoms with E-state index >= 15 is 0 Å². The fourth-order valence-electron chi connectivity index (χ4n) is 3.47. The number of nitrogens with one attached hydrogen (secondary N) is 1. The van der Waals surface area contributed by atoms with Gasteiger partial charge in [0, 0.05) is 10.6 Å². The van der Waals surface area contributed by atoms with Crippen molar-refractivity contribution in [2.45, 2.75) is 18.0 Å². The van der Waals surface area contributed by atoms with Crippen LogP contribution in [0.4, 0.5) is 23.7 Å². The number of imide groups is 2. The highest BCUT2D eigenvalue weighted by Crippen LogP contribution is 2.37. The monoisotopic (exact) mass is 598 g/mol. The number of aryl methyl sites for hydroxylation is 1. The molecule has 0 saturated carbocycles. The Morgan fingerprint density at radius 3 is 2.26 bits per heavy atom. The third-order valence-corrected chi connectivity index (χ3v) is 7.20. The Balaban J connectivity index is 1.77. The van der Waals surface area contributed by atoms with Crippen LogP contribution in [0.2, 0.25) is 10.0 Å². The van der Waals surface area contributed by atoms with Crippen molar-refractivity contribution >= 4 is 62.9 Å². The molecule has 0 bridgehead atoms. The summed E-state index contributed by atoms with van der Waals surface area (Å²) in [5.74, 6) is -2.84. The second-order valence-corrected chi connectivity index (χ2v) is 10.5. The van der Waals surface area contributed by atoms with Crippen molar-refractivity contribution in [1.29, 1.82) is 0 Å². The largest absolute Gasteiger partial charge is 0.416 e. The molecule has 14 heteroatoms. The smallest absolute Gasteiger partial charge is 0.378 e. The molecule has 0 aromatic heterocycles. The third kappa shape index (κ3) is 5.92. The molecule has 39 heavy (non-hydrogen) atoms. The molecule has 202 valence electrons. The lowest BCUT2D eigenvalue weighted by Crippen LogP contribution is -2.54. The Morgan fingerprint density at radius 1 is 0.949 bits per heavy atom. The first-order chi connectivity index (χ1) is 18.2. The number of urea groups is 1. The number of carbonyl (C=O) groups excluding carboxylic acids is 3. The summed E-state index contributed by atoms with van der Waals surface area (Å²) in [6, 6.07) is 10.0. The number of nitrogens with zero attached hydrogens (tertiary/aromatic N) is 1. The number of carbonyl (C=O) groups is 3. The highest BCUT2D eigenvalue weighted by atomic mass is 35.5. The van der Waals surface area contributed by atoms with Crippen LogP contribution in [0.25, 0.3) is 6.08 Å². The summed E-state index contributed by atoms with van der Waals surface area (Å²) in [5, 5.41) is 1.54. The van der Waals surface area contributed by atoms with E-state index in [0.717, 1.165) is 17.7 Å². The van der Waals surface area contributed by atoms with Crippen molar-refractivity contribution in [3.63, 3.8) is 0 Å². The highest BCUT2D eigenvalue weighted by molar-refractivity contribution is 7.87. The van der Waals surface area contributed by atoms with Crippen molar-refractivity contribution in [3.05, 3.63) is 93.0 Å². The number of rotatable bonds is 5. The molecule has 1 saturated heterocycles. The minimum absolute atomic E-state index is 0.0689. The fourth-order valence-corrected chi connectivity index (χ4v) is 4.81. The van der Waals surface area contributed by atoms with Crippen LogP contribution in [-0.2, 0) is 25.9 Å². The van der Waals surface area contributed by atoms with Crippen LogP contribution in [-0.4, -0.2) is 26.3 Å². The van der Waals surface area contributed by atoms with Crippen LogP contribution < -0.4 is 14.4 Å². The Bertz CT molecular complexity index is 1660. The maximum atomic E-state index is 13.3. The summed E-state index contributed by atoms with van der Waals surface area (Å²) < 4.78 is 70.6. The Labute approximate surface area is 229 Å². The van der Waals surface area contributed by atoms with Gasteiger partial charge in [0.2, 0.25) is 0 Å². The standard InChI is InChI=1S/C25H15Cl2F3N2O6S/c1-13-2-6-17(7-3-13)39(36,37)38-21-9-5-16(26)10-14(21)11-18-22(33)31-24(35)32(23(18)34)20-12-15(25(28,29)30)4-8-19(20)27/h2-12H,1H3,(H,31,33,35)/b18-11-. The molecule has 4 amide bonds. The lowest BCUT2D eigenvalue weighted by Gasteiger charge is -2.27. The zero-order chi connectivity index (χ0) is 28.7. The van der Waals surface area contributed by atoms with Crippen molar-refractivity contribution in [1.82, 2.24) is 5.32 Å². The topological polar surface area (TPSA) is 110 Å². The number of hydrogen-bond donors (Lipinski definition) is 1. The van der Waals surface area contributed by atoms with Gasteiger partial charge in [-0.05, 0) is 61.5 Å². The molecule has 3 aromatic rings. The number of halogens is 5. The second kappa shape index (κ2) is 10.4. The number of alkyl halides is 3. The van der Waals surface area contributed by atoms with Crippen LogP contribution in [0.15, 0.2) is 71.1 Å². The normalized spacial score (nSPS) is 15.5. The van der Waals surface area contributed by atoms with E-state index in [4.69, 9.17) is 27.4 Å². The number of hydrogen-bond acceptors (Lipinski definition) is 6. The fraction of sp³-hybridized carbons (Fsp3) is 0.0800. The molecule has 1 heterocycles. The third-order valence-electron chi connectivity index (χ3n) is 5.40. The van der Waals surface area contributed by atoms with Gasteiger partial charge in [0.1, 0.15) is 16.2 Å². The maximum Gasteiger partial charge on any atom is 0.416 e. The predicted molar refractivity (Wildman–Crippen MR) is 136 cm³/mol. The van der Waals surface area contributed by atoms with Crippen molar-refractivity contribution in [3.8, 4) is 5.75 Å². The van der Waals surface area contributed by atoms with E-state index in [-0.39, 0.29) is 31.2 Å². The molecule has 1 aliphatic rings. The van der Waals surface area contributed by atoms with Crippen LogP contribution in [0.3, 0.4) is 0 Å². The van der Waals surface area contributed by atoms with Gasteiger partial charge >= 0.3 is 22.3 Å². The van der Waals surface area contributed by atoms with Crippen molar-refractivity contribution in [2.75, 3.05) is 4.90 Å². The van der Waals surface area contributed by atoms with Gasteiger partial charge in [0.25, 0.3) is 11.8 Å². The highest BCUT2D eigenvalue weighted by Gasteiger charge is 2.39. The van der Waals surface area contributed by atoms with Gasteiger partial charge in [-0.2, -0.15) is 21.6 Å². The molecule has 3 aromatic carbocycles. The maximum absolute atomic E-state index is 13.3. The molecule has 0 spiro atoms. The zero-order valence-electron chi connectivity index (χ0n) is 19.5. The minimum Gasteiger partial charge on any atom is -0.378 e. The summed E-state index contributed by atoms with van der Waals surface area (Å²) in [5.41, 5.74) is -1.91. The average molecular weight is 599 g/mol. The van der Waals surface area contributed by atoms with E-state index < -0.39 is 51.0 Å². The number of benzene rings is 3. The van der Waals surface area contributed by atoms with E-state index in [2.05, 4.69) is 0 Å². The number of anilines is 1. The van der Waals surface area contributed by atoms with Crippen LogP contribution in [0, 0.1) is 6.92 Å². The zero-order valence-corrected chi connectivity index (χ0v) is 21.9. The minimum atomic E-state index is -4.82. The molecule has 0 atom stereocenters. The van der Waals surface area contributed by atoms with E-state index in [1.807, 2.05) is 5.32 Å². The van der Waals surface area contributed by atoms with Gasteiger partial charge in [-0.25, -0.2) is 9.69 Å². The van der Waals surface area contributed by atoms with E-state index in [9.17, 15) is 36.0 Å². The average Bonchev–Trinajstić information content (AvgIpc) is 2.83. The first kappa shape index (κ1) is 28.1. The molecular formula is C25H15Cl2F3N2O6S. The molecule has 0 unspecified atom stereocenters. The van der Waals surface area contributed by atoms with Crippen molar-refractivity contribution < 1.29 is 40.2 Å². The molecular weight excluding hydrogens is 584 g/mol. The Kier molecular flexibility index (Phi) is 7.48. The van der Waals surface area contributed by atoms with Gasteiger partial charge in [0.15, 0.2) is 0 Å². The molecule has 8 nitrogen and oxygen atoms in total. The molecule has 4 rings (SSSR count). The van der Waals surface area contributed by atoms with Crippen molar-refractivity contribution in [2.24, 2.45) is 0 Å². The van der Waals surface area contributed by atoms with Gasteiger partial charge < -0.3 is 4.18 Å². The van der Waals surface area contributed by atoms with Gasteiger partial charge in [-0.3, -0.25) is 14.9 Å². The summed E-state index contributed by atoms with van der Waals surface area (Å²) in [7, 11) is -4.37. The Hall–Kier alpha value is -3.87. The molecule has 1 N–H and O–H groups in total. The Morgan fingerprint density at radius 2 is 1.62 bits per heavy atom. The van der Waals surface area contributed by atoms with Gasteiger partial charge in [-0.15, -0.1) is 0 Å². The van der Waals surface area contributed by atoms with Gasteiger partial charge in [0.05, 0.1) is 16.3 Å². The summed E-state index contributed by atoms with van der Waals surface area (Å²) in [4.78, 5) is 38.4. The molecule has 0 aliphatic carbocycles. The lowest BCUT2D eigenvalue weighted by molar-refractivity contribution is -0.137. The predicted octanol–water partition coefficient (Wildman–Crippen LogP) is 5.75. The number of amides is 4. The summed E-state index contributed by atoms with van der Waals surface area (Å²) >= 11 is 12.0. The van der Waals surface area contributed by atoms with Crippen LogP contribution >= 0.6 is 23.2 Å². The first-order valence-corrected chi connectivity index (χ1v) is 12.9.